The molecule has 0 radical (unpaired) electrons. The zero-order chi connectivity index (χ0) is 13.9. The van der Waals surface area contributed by atoms with Gasteiger partial charge in [0.05, 0.1) is 12.2 Å². The minimum Gasteiger partial charge on any atom is -0.478 e. The molecule has 0 amide bonds. The number of carbonyl (C=O) groups is 1. The van der Waals surface area contributed by atoms with Gasteiger partial charge in [-0.1, -0.05) is 0 Å². The van der Waals surface area contributed by atoms with Gasteiger partial charge >= 0.3 is 5.97 Å². The highest BCUT2D eigenvalue weighted by Gasteiger charge is 2.34. The van der Waals surface area contributed by atoms with E-state index < -0.39 is 5.97 Å². The zero-order valence-corrected chi connectivity index (χ0v) is 11.2. The van der Waals surface area contributed by atoms with Gasteiger partial charge < -0.3 is 19.9 Å². The summed E-state index contributed by atoms with van der Waals surface area (Å²) in [5.41, 5.74) is 1.85. The predicted octanol–water partition coefficient (Wildman–Crippen LogP) is 1.91. The lowest BCUT2D eigenvalue weighted by atomic mass is 10.0. The molecular weight excluding hydrogens is 246 g/mol. The first-order valence-corrected chi connectivity index (χ1v) is 6.27. The van der Waals surface area contributed by atoms with E-state index in [1.807, 2.05) is 6.92 Å². The van der Waals surface area contributed by atoms with Crippen molar-refractivity contribution in [2.24, 2.45) is 0 Å². The molecule has 1 fully saturated rings. The van der Waals surface area contributed by atoms with Crippen LogP contribution in [0.1, 0.15) is 22.3 Å². The standard InChI is InChI=1S/C14H19NO4/c1-10-7-11(13(16)17)3-4-12(10)15-8-14(18-2)5-6-19-9-14/h3-4,7,15H,5-6,8-9H2,1-2H3,(H,16,17). The number of benzene rings is 1. The number of ether oxygens (including phenoxy) is 2. The fourth-order valence-corrected chi connectivity index (χ4v) is 2.21. The highest BCUT2D eigenvalue weighted by Crippen LogP contribution is 2.24. The molecule has 0 saturated carbocycles. The molecule has 2 rings (SSSR count). The van der Waals surface area contributed by atoms with Gasteiger partial charge in [0.2, 0.25) is 0 Å². The van der Waals surface area contributed by atoms with Crippen LogP contribution in [0.3, 0.4) is 0 Å². The van der Waals surface area contributed by atoms with Crippen LogP contribution in [0.5, 0.6) is 0 Å². The van der Waals surface area contributed by atoms with E-state index in [9.17, 15) is 4.79 Å². The maximum Gasteiger partial charge on any atom is 0.335 e. The Balaban J connectivity index is 2.05. The molecule has 1 aromatic carbocycles. The molecule has 0 spiro atoms. The predicted molar refractivity (Wildman–Crippen MR) is 71.8 cm³/mol. The van der Waals surface area contributed by atoms with Crippen LogP contribution in [0.2, 0.25) is 0 Å². The maximum atomic E-state index is 10.9. The van der Waals surface area contributed by atoms with Crippen molar-refractivity contribution in [3.63, 3.8) is 0 Å². The summed E-state index contributed by atoms with van der Waals surface area (Å²) in [5.74, 6) is -0.910. The number of carboxylic acid groups (broad SMARTS) is 1. The van der Waals surface area contributed by atoms with Gasteiger partial charge in [0.1, 0.15) is 5.60 Å². The van der Waals surface area contributed by atoms with Crippen LogP contribution >= 0.6 is 0 Å². The van der Waals surface area contributed by atoms with Gasteiger partial charge in [0, 0.05) is 32.4 Å². The van der Waals surface area contributed by atoms with E-state index in [2.05, 4.69) is 5.32 Å². The van der Waals surface area contributed by atoms with Crippen LogP contribution < -0.4 is 5.32 Å². The van der Waals surface area contributed by atoms with E-state index >= 15 is 0 Å². The topological polar surface area (TPSA) is 67.8 Å². The smallest absolute Gasteiger partial charge is 0.335 e. The summed E-state index contributed by atoms with van der Waals surface area (Å²) in [6.07, 6.45) is 0.864. The van der Waals surface area contributed by atoms with Crippen LogP contribution in [-0.2, 0) is 9.47 Å². The normalized spacial score (nSPS) is 22.4. The van der Waals surface area contributed by atoms with E-state index in [0.29, 0.717) is 25.3 Å². The molecule has 1 aliphatic rings. The number of carboxylic acids is 1. The van der Waals surface area contributed by atoms with Crippen molar-refractivity contribution in [1.29, 1.82) is 0 Å². The van der Waals surface area contributed by atoms with Gasteiger partial charge in [-0.2, -0.15) is 0 Å². The largest absolute Gasteiger partial charge is 0.478 e. The first-order valence-electron chi connectivity index (χ1n) is 6.27. The molecule has 0 aliphatic carbocycles. The number of hydrogen-bond donors (Lipinski definition) is 2. The second kappa shape index (κ2) is 5.59. The molecule has 1 heterocycles. The fraction of sp³-hybridized carbons (Fsp3) is 0.500. The number of nitrogens with one attached hydrogen (secondary N) is 1. The summed E-state index contributed by atoms with van der Waals surface area (Å²) in [7, 11) is 1.69. The van der Waals surface area contributed by atoms with Gasteiger partial charge in [0.15, 0.2) is 0 Å². The minimum absolute atomic E-state index is 0.280. The third kappa shape index (κ3) is 3.05. The lowest BCUT2D eigenvalue weighted by Gasteiger charge is -2.27. The molecule has 19 heavy (non-hydrogen) atoms. The molecule has 0 aromatic heterocycles. The lowest BCUT2D eigenvalue weighted by molar-refractivity contribution is -0.00620. The molecule has 1 unspecified atom stereocenters. The van der Waals surface area contributed by atoms with E-state index in [-0.39, 0.29) is 5.60 Å². The number of rotatable bonds is 5. The first kappa shape index (κ1) is 13.8. The Bertz CT molecular complexity index is 467. The molecular formula is C14H19NO4. The molecule has 0 bridgehead atoms. The average Bonchev–Trinajstić information content (AvgIpc) is 2.86. The molecule has 5 heteroatoms. The second-order valence-electron chi connectivity index (χ2n) is 4.88. The molecule has 104 valence electrons. The summed E-state index contributed by atoms with van der Waals surface area (Å²) in [5, 5.41) is 12.2. The molecule has 1 aromatic rings. The van der Waals surface area contributed by atoms with E-state index in [4.69, 9.17) is 14.6 Å². The summed E-state index contributed by atoms with van der Waals surface area (Å²) < 4.78 is 10.9. The Morgan fingerprint density at radius 3 is 2.89 bits per heavy atom. The number of methoxy groups -OCH3 is 1. The Morgan fingerprint density at radius 1 is 1.58 bits per heavy atom. The lowest BCUT2D eigenvalue weighted by Crippen LogP contribution is -2.39. The van der Waals surface area contributed by atoms with Crippen molar-refractivity contribution in [1.82, 2.24) is 0 Å². The van der Waals surface area contributed by atoms with Crippen LogP contribution in [0.15, 0.2) is 18.2 Å². The average molecular weight is 265 g/mol. The SMILES string of the molecule is COC1(CNc2ccc(C(=O)O)cc2C)CCOC1. The first-order chi connectivity index (χ1) is 9.06. The van der Waals surface area contributed by atoms with Gasteiger partial charge in [-0.25, -0.2) is 4.79 Å². The number of aromatic carboxylic acids is 1. The van der Waals surface area contributed by atoms with Gasteiger partial charge in [-0.3, -0.25) is 0 Å². The van der Waals surface area contributed by atoms with Crippen molar-refractivity contribution in [2.75, 3.05) is 32.2 Å². The Kier molecular flexibility index (Phi) is 4.07. The van der Waals surface area contributed by atoms with Crippen LogP contribution in [0.4, 0.5) is 5.69 Å². The van der Waals surface area contributed by atoms with E-state index in [0.717, 1.165) is 17.7 Å². The molecule has 1 aliphatic heterocycles. The highest BCUT2D eigenvalue weighted by molar-refractivity contribution is 5.88. The molecule has 1 saturated heterocycles. The van der Waals surface area contributed by atoms with E-state index in [1.165, 1.54) is 0 Å². The Labute approximate surface area is 112 Å². The highest BCUT2D eigenvalue weighted by atomic mass is 16.5. The zero-order valence-electron chi connectivity index (χ0n) is 11.2. The number of anilines is 1. The van der Waals surface area contributed by atoms with E-state index in [1.54, 1.807) is 25.3 Å². The van der Waals surface area contributed by atoms with Crippen molar-refractivity contribution in [3.8, 4) is 0 Å². The summed E-state index contributed by atoms with van der Waals surface area (Å²) >= 11 is 0. The third-order valence-electron chi connectivity index (χ3n) is 3.57. The quantitative estimate of drug-likeness (QED) is 0.851. The monoisotopic (exact) mass is 265 g/mol. The second-order valence-corrected chi connectivity index (χ2v) is 4.88. The van der Waals surface area contributed by atoms with Crippen molar-refractivity contribution >= 4 is 11.7 Å². The number of aryl methyl sites for hydroxylation is 1. The van der Waals surface area contributed by atoms with Crippen LogP contribution in [0.25, 0.3) is 0 Å². The van der Waals surface area contributed by atoms with Crippen LogP contribution in [-0.4, -0.2) is 43.5 Å². The Morgan fingerprint density at radius 2 is 2.37 bits per heavy atom. The number of hydrogen-bond acceptors (Lipinski definition) is 4. The van der Waals surface area contributed by atoms with Crippen LogP contribution in [0, 0.1) is 6.92 Å². The summed E-state index contributed by atoms with van der Waals surface area (Å²) in [6.45, 7) is 3.84. The molecule has 2 N–H and O–H groups in total. The summed E-state index contributed by atoms with van der Waals surface area (Å²) in [4.78, 5) is 10.9. The fourth-order valence-electron chi connectivity index (χ4n) is 2.21. The molecule has 5 nitrogen and oxygen atoms in total. The van der Waals surface area contributed by atoms with Crippen molar-refractivity contribution in [3.05, 3.63) is 29.3 Å². The third-order valence-corrected chi connectivity index (χ3v) is 3.57. The Hall–Kier alpha value is -1.59. The van der Waals surface area contributed by atoms with Gasteiger partial charge in [-0.15, -0.1) is 0 Å². The molecule has 1 atom stereocenters. The summed E-state index contributed by atoms with van der Waals surface area (Å²) in [6, 6.07) is 5.05. The van der Waals surface area contributed by atoms with Gasteiger partial charge in [0.25, 0.3) is 0 Å². The van der Waals surface area contributed by atoms with Crippen molar-refractivity contribution < 1.29 is 19.4 Å². The maximum absolute atomic E-state index is 10.9. The minimum atomic E-state index is -0.910. The van der Waals surface area contributed by atoms with Crippen molar-refractivity contribution in [2.45, 2.75) is 18.9 Å². The van der Waals surface area contributed by atoms with Gasteiger partial charge in [-0.05, 0) is 30.7 Å².